The summed E-state index contributed by atoms with van der Waals surface area (Å²) in [5.74, 6) is 0.0464. The summed E-state index contributed by atoms with van der Waals surface area (Å²) in [6.07, 6.45) is 2.94. The first-order valence-corrected chi connectivity index (χ1v) is 11.2. The van der Waals surface area contributed by atoms with Crippen LogP contribution in [0.1, 0.15) is 17.2 Å². The number of carbonyl (C=O) groups excluding carboxylic acids is 2. The van der Waals surface area contributed by atoms with Gasteiger partial charge in [-0.1, -0.05) is 72.8 Å². The molecule has 4 rings (SSSR count). The van der Waals surface area contributed by atoms with Crippen LogP contribution in [0.2, 0.25) is 0 Å². The fourth-order valence-corrected chi connectivity index (χ4v) is 4.95. The summed E-state index contributed by atoms with van der Waals surface area (Å²) in [7, 11) is 0. The molecule has 2 unspecified atom stereocenters. The Hall–Kier alpha value is -2.54. The number of nitrogens with two attached hydrogens (primary N) is 1. The quantitative estimate of drug-likeness (QED) is 0.422. The van der Waals surface area contributed by atoms with Crippen molar-refractivity contribution in [3.8, 4) is 0 Å². The maximum absolute atomic E-state index is 13.4. The summed E-state index contributed by atoms with van der Waals surface area (Å²) < 4.78 is 6.00. The third kappa shape index (κ3) is 3.90. The number of rotatable bonds is 6. The Morgan fingerprint density at radius 1 is 1.17 bits per heavy atom. The molecule has 0 aromatic heterocycles. The largest absolute Gasteiger partial charge is 0.448 e. The molecule has 0 radical (unpaired) electrons. The molecule has 2 aromatic rings. The SMILES string of the molecule is NC1C(=O)N2C(C(=O)OC(c3ccccc3)c3ccccc3)=C(/C=C\CCl)CSC12. The van der Waals surface area contributed by atoms with Crippen LogP contribution in [0, 0.1) is 0 Å². The van der Waals surface area contributed by atoms with Crippen molar-refractivity contribution in [2.24, 2.45) is 5.73 Å². The Labute approximate surface area is 184 Å². The zero-order valence-electron chi connectivity index (χ0n) is 16.1. The van der Waals surface area contributed by atoms with E-state index >= 15 is 0 Å². The van der Waals surface area contributed by atoms with Gasteiger partial charge in [-0.3, -0.25) is 9.69 Å². The van der Waals surface area contributed by atoms with E-state index < -0.39 is 18.1 Å². The van der Waals surface area contributed by atoms with E-state index in [0.717, 1.165) is 11.1 Å². The first-order chi connectivity index (χ1) is 14.6. The van der Waals surface area contributed by atoms with Gasteiger partial charge in [-0.15, -0.1) is 23.4 Å². The van der Waals surface area contributed by atoms with Crippen molar-refractivity contribution in [2.45, 2.75) is 17.5 Å². The monoisotopic (exact) mass is 440 g/mol. The molecular weight excluding hydrogens is 420 g/mol. The van der Waals surface area contributed by atoms with Gasteiger partial charge in [-0.2, -0.15) is 0 Å². The Balaban J connectivity index is 1.70. The lowest BCUT2D eigenvalue weighted by molar-refractivity contribution is -0.153. The van der Waals surface area contributed by atoms with Crippen LogP contribution in [0.5, 0.6) is 0 Å². The number of β-lactam (4-membered cyclic amide) rings is 1. The Morgan fingerprint density at radius 2 is 1.77 bits per heavy atom. The van der Waals surface area contributed by atoms with Crippen LogP contribution in [0.4, 0.5) is 0 Å². The molecule has 5 nitrogen and oxygen atoms in total. The summed E-state index contributed by atoms with van der Waals surface area (Å²) in [6.45, 7) is 0. The predicted molar refractivity (Wildman–Crippen MR) is 119 cm³/mol. The van der Waals surface area contributed by atoms with E-state index in [1.807, 2.05) is 60.7 Å². The minimum absolute atomic E-state index is 0.250. The van der Waals surface area contributed by atoms with Crippen LogP contribution in [-0.4, -0.2) is 39.8 Å². The summed E-state index contributed by atoms with van der Waals surface area (Å²) in [5.41, 5.74) is 8.61. The number of thioether (sulfide) groups is 1. The third-order valence-electron chi connectivity index (χ3n) is 5.07. The smallest absolute Gasteiger partial charge is 0.356 e. The summed E-state index contributed by atoms with van der Waals surface area (Å²) in [6, 6.07) is 18.5. The molecule has 0 spiro atoms. The number of ether oxygens (including phenoxy) is 1. The molecule has 2 heterocycles. The highest BCUT2D eigenvalue weighted by atomic mass is 35.5. The molecule has 154 valence electrons. The van der Waals surface area contributed by atoms with Gasteiger partial charge in [0.15, 0.2) is 6.10 Å². The minimum atomic E-state index is -0.601. The number of esters is 1. The highest BCUT2D eigenvalue weighted by molar-refractivity contribution is 8.00. The van der Waals surface area contributed by atoms with Crippen molar-refractivity contribution >= 4 is 35.2 Å². The second-order valence-corrected chi connectivity index (χ2v) is 8.39. The second-order valence-electron chi connectivity index (χ2n) is 6.97. The molecule has 2 N–H and O–H groups in total. The van der Waals surface area contributed by atoms with Crippen LogP contribution in [0.3, 0.4) is 0 Å². The van der Waals surface area contributed by atoms with Gasteiger partial charge in [0.1, 0.15) is 17.1 Å². The average molecular weight is 441 g/mol. The van der Waals surface area contributed by atoms with Crippen LogP contribution in [-0.2, 0) is 14.3 Å². The summed E-state index contributed by atoms with van der Waals surface area (Å²) >= 11 is 7.33. The molecule has 1 fully saturated rings. The normalized spacial score (nSPS) is 21.0. The number of carbonyl (C=O) groups is 2. The number of benzene rings is 2. The van der Waals surface area contributed by atoms with E-state index in [2.05, 4.69) is 0 Å². The van der Waals surface area contributed by atoms with Crippen molar-refractivity contribution in [1.82, 2.24) is 4.90 Å². The van der Waals surface area contributed by atoms with Crippen molar-refractivity contribution < 1.29 is 14.3 Å². The zero-order chi connectivity index (χ0) is 21.1. The molecule has 2 atom stereocenters. The molecule has 2 aliphatic heterocycles. The minimum Gasteiger partial charge on any atom is -0.448 e. The second kappa shape index (κ2) is 9.08. The first-order valence-electron chi connectivity index (χ1n) is 9.58. The number of allylic oxidation sites excluding steroid dienone is 2. The highest BCUT2D eigenvalue weighted by Crippen LogP contribution is 2.41. The molecular formula is C23H21ClN2O3S. The van der Waals surface area contributed by atoms with Crippen LogP contribution < -0.4 is 5.73 Å². The lowest BCUT2D eigenvalue weighted by atomic mass is 10.0. The van der Waals surface area contributed by atoms with Gasteiger partial charge in [0.2, 0.25) is 5.91 Å². The van der Waals surface area contributed by atoms with Gasteiger partial charge in [0.05, 0.1) is 0 Å². The van der Waals surface area contributed by atoms with E-state index in [1.54, 1.807) is 12.2 Å². The van der Waals surface area contributed by atoms with E-state index in [4.69, 9.17) is 22.1 Å². The van der Waals surface area contributed by atoms with Gasteiger partial charge < -0.3 is 10.5 Å². The van der Waals surface area contributed by atoms with Crippen molar-refractivity contribution in [1.29, 1.82) is 0 Å². The number of amides is 1. The summed E-state index contributed by atoms with van der Waals surface area (Å²) in [4.78, 5) is 27.3. The van der Waals surface area contributed by atoms with Gasteiger partial charge in [0.25, 0.3) is 0 Å². The Morgan fingerprint density at radius 3 is 2.33 bits per heavy atom. The highest BCUT2D eigenvalue weighted by Gasteiger charge is 2.52. The molecule has 7 heteroatoms. The molecule has 1 amide bonds. The number of hydrogen-bond donors (Lipinski definition) is 1. The topological polar surface area (TPSA) is 72.6 Å². The molecule has 0 bridgehead atoms. The Kier molecular flexibility index (Phi) is 6.27. The average Bonchev–Trinajstić information content (AvgIpc) is 2.81. The standard InChI is InChI=1S/C23H21ClN2O3S/c24-13-7-12-17-14-30-22-18(25)21(27)26(22)19(17)23(28)29-20(15-8-3-1-4-9-15)16-10-5-2-6-11-16/h1-12,18,20,22H,13-14,25H2/b12-7-. The molecule has 1 saturated heterocycles. The summed E-state index contributed by atoms with van der Waals surface area (Å²) in [5, 5.41) is -0.250. The fraction of sp³-hybridized carbons (Fsp3) is 0.217. The van der Waals surface area contributed by atoms with E-state index in [-0.39, 0.29) is 17.0 Å². The van der Waals surface area contributed by atoms with E-state index in [0.29, 0.717) is 17.2 Å². The van der Waals surface area contributed by atoms with Gasteiger partial charge >= 0.3 is 5.97 Å². The number of fused-ring (bicyclic) bond motifs is 1. The number of nitrogens with zero attached hydrogens (tertiary/aromatic N) is 1. The van der Waals surface area contributed by atoms with E-state index in [9.17, 15) is 9.59 Å². The lowest BCUT2D eigenvalue weighted by Gasteiger charge is -2.48. The van der Waals surface area contributed by atoms with Crippen molar-refractivity contribution in [3.63, 3.8) is 0 Å². The molecule has 0 aliphatic carbocycles. The van der Waals surface area contributed by atoms with Crippen molar-refractivity contribution in [3.05, 3.63) is 95.2 Å². The zero-order valence-corrected chi connectivity index (χ0v) is 17.7. The van der Waals surface area contributed by atoms with Gasteiger partial charge in [-0.05, 0) is 16.7 Å². The Bertz CT molecular complexity index is 955. The van der Waals surface area contributed by atoms with E-state index in [1.165, 1.54) is 16.7 Å². The van der Waals surface area contributed by atoms with Crippen LogP contribution in [0.15, 0.2) is 84.1 Å². The first kappa shape index (κ1) is 20.7. The maximum Gasteiger partial charge on any atom is 0.356 e. The van der Waals surface area contributed by atoms with Gasteiger partial charge in [-0.25, -0.2) is 4.79 Å². The molecule has 2 aromatic carbocycles. The van der Waals surface area contributed by atoms with Crippen molar-refractivity contribution in [2.75, 3.05) is 11.6 Å². The fourth-order valence-electron chi connectivity index (χ4n) is 3.59. The van der Waals surface area contributed by atoms with Gasteiger partial charge in [0, 0.05) is 11.6 Å². The molecule has 0 saturated carbocycles. The predicted octanol–water partition coefficient (Wildman–Crippen LogP) is 3.61. The van der Waals surface area contributed by atoms with Crippen LogP contribution in [0.25, 0.3) is 0 Å². The molecule has 2 aliphatic rings. The number of hydrogen-bond acceptors (Lipinski definition) is 5. The lowest BCUT2D eigenvalue weighted by Crippen LogP contribution is -2.68. The van der Waals surface area contributed by atoms with Crippen LogP contribution >= 0.6 is 23.4 Å². The number of halogens is 1. The number of alkyl halides is 1. The third-order valence-corrected chi connectivity index (χ3v) is 6.57. The molecule has 30 heavy (non-hydrogen) atoms. The maximum atomic E-state index is 13.4.